The lowest BCUT2D eigenvalue weighted by atomic mass is 9.78. The van der Waals surface area contributed by atoms with Crippen molar-refractivity contribution in [3.05, 3.63) is 0 Å². The van der Waals surface area contributed by atoms with Crippen LogP contribution in [0.3, 0.4) is 0 Å². The molecule has 1 aliphatic heterocycles. The highest BCUT2D eigenvalue weighted by Gasteiger charge is 2.40. The van der Waals surface area contributed by atoms with Gasteiger partial charge in [-0.15, -0.1) is 0 Å². The predicted molar refractivity (Wildman–Crippen MR) is 65.1 cm³/mol. The molecule has 88 valence electrons. The Bertz CT molecular complexity index is 197. The van der Waals surface area contributed by atoms with Crippen molar-refractivity contribution in [2.45, 2.75) is 64.0 Å². The number of hydrogen-bond acceptors (Lipinski definition) is 2. The first kappa shape index (κ1) is 11.4. The number of hydrogen-bond donors (Lipinski definition) is 1. The molecule has 0 aromatic carbocycles. The lowest BCUT2D eigenvalue weighted by Gasteiger charge is -2.52. The fourth-order valence-corrected chi connectivity index (χ4v) is 3.41. The molecule has 2 nitrogen and oxygen atoms in total. The zero-order valence-corrected chi connectivity index (χ0v) is 10.4. The van der Waals surface area contributed by atoms with E-state index in [9.17, 15) is 0 Å². The summed E-state index contributed by atoms with van der Waals surface area (Å²) in [4.78, 5) is 2.76. The van der Waals surface area contributed by atoms with Crippen LogP contribution in [0, 0.1) is 0 Å². The van der Waals surface area contributed by atoms with E-state index >= 15 is 0 Å². The molecular formula is C13H26N2. The molecule has 0 radical (unpaired) electrons. The van der Waals surface area contributed by atoms with Crippen LogP contribution in [-0.2, 0) is 0 Å². The SMILES string of the molecule is CCC1CN(CC)C2(CCCCC2)CN1. The van der Waals surface area contributed by atoms with Gasteiger partial charge in [0.15, 0.2) is 0 Å². The molecule has 1 N–H and O–H groups in total. The van der Waals surface area contributed by atoms with Crippen molar-refractivity contribution in [1.29, 1.82) is 0 Å². The van der Waals surface area contributed by atoms with Gasteiger partial charge >= 0.3 is 0 Å². The zero-order chi connectivity index (χ0) is 10.7. The average Bonchev–Trinajstić information content (AvgIpc) is 2.31. The molecular weight excluding hydrogens is 184 g/mol. The van der Waals surface area contributed by atoms with Gasteiger partial charge in [-0.1, -0.05) is 33.1 Å². The van der Waals surface area contributed by atoms with Gasteiger partial charge in [-0.05, 0) is 25.8 Å². The van der Waals surface area contributed by atoms with E-state index in [4.69, 9.17) is 0 Å². The van der Waals surface area contributed by atoms with Crippen LogP contribution in [0.15, 0.2) is 0 Å². The summed E-state index contributed by atoms with van der Waals surface area (Å²) in [5.74, 6) is 0. The Hall–Kier alpha value is -0.0800. The Morgan fingerprint density at radius 1 is 1.20 bits per heavy atom. The standard InChI is InChI=1S/C13H26N2/c1-3-12-10-15(4-2)13(11-14-12)8-6-5-7-9-13/h12,14H,3-11H2,1-2H3. The highest BCUT2D eigenvalue weighted by atomic mass is 15.3. The Balaban J connectivity index is 2.03. The minimum atomic E-state index is 0.526. The molecule has 1 spiro atoms. The maximum absolute atomic E-state index is 3.75. The summed E-state index contributed by atoms with van der Waals surface area (Å²) in [5, 5.41) is 3.75. The molecule has 1 atom stereocenters. The molecule has 1 heterocycles. The van der Waals surface area contributed by atoms with Crippen molar-refractivity contribution in [3.63, 3.8) is 0 Å². The minimum absolute atomic E-state index is 0.526. The molecule has 0 aromatic rings. The number of rotatable bonds is 2. The molecule has 2 fully saturated rings. The number of nitrogens with one attached hydrogen (secondary N) is 1. The van der Waals surface area contributed by atoms with E-state index in [2.05, 4.69) is 24.1 Å². The van der Waals surface area contributed by atoms with Crippen LogP contribution >= 0.6 is 0 Å². The highest BCUT2D eigenvalue weighted by molar-refractivity contribution is 4.99. The van der Waals surface area contributed by atoms with Crippen molar-refractivity contribution in [2.75, 3.05) is 19.6 Å². The van der Waals surface area contributed by atoms with Crippen LogP contribution in [0.25, 0.3) is 0 Å². The Labute approximate surface area is 94.4 Å². The zero-order valence-electron chi connectivity index (χ0n) is 10.4. The Morgan fingerprint density at radius 2 is 1.93 bits per heavy atom. The van der Waals surface area contributed by atoms with Gasteiger partial charge < -0.3 is 5.32 Å². The maximum atomic E-state index is 3.75. The molecule has 1 aliphatic carbocycles. The van der Waals surface area contributed by atoms with Gasteiger partial charge in [0.05, 0.1) is 0 Å². The molecule has 2 heteroatoms. The van der Waals surface area contributed by atoms with E-state index in [0.717, 1.165) is 6.04 Å². The Kier molecular flexibility index (Phi) is 3.68. The van der Waals surface area contributed by atoms with E-state index in [1.165, 1.54) is 58.2 Å². The van der Waals surface area contributed by atoms with Crippen molar-refractivity contribution >= 4 is 0 Å². The van der Waals surface area contributed by atoms with Gasteiger partial charge in [0, 0.05) is 24.7 Å². The van der Waals surface area contributed by atoms with Crippen LogP contribution in [0.4, 0.5) is 0 Å². The minimum Gasteiger partial charge on any atom is -0.311 e. The van der Waals surface area contributed by atoms with Crippen LogP contribution in [0.1, 0.15) is 52.4 Å². The Morgan fingerprint density at radius 3 is 2.53 bits per heavy atom. The predicted octanol–water partition coefficient (Wildman–Crippen LogP) is 2.39. The summed E-state index contributed by atoms with van der Waals surface area (Å²) in [6.45, 7) is 8.36. The molecule has 1 saturated heterocycles. The number of piperazine rings is 1. The van der Waals surface area contributed by atoms with Crippen LogP contribution < -0.4 is 5.32 Å². The summed E-state index contributed by atoms with van der Waals surface area (Å²) in [6.07, 6.45) is 8.45. The third kappa shape index (κ3) is 2.21. The second-order valence-electron chi connectivity index (χ2n) is 5.31. The van der Waals surface area contributed by atoms with Gasteiger partial charge in [-0.3, -0.25) is 4.90 Å². The van der Waals surface area contributed by atoms with E-state index < -0.39 is 0 Å². The third-order valence-electron chi connectivity index (χ3n) is 4.49. The van der Waals surface area contributed by atoms with Crippen LogP contribution in [0.2, 0.25) is 0 Å². The second-order valence-corrected chi connectivity index (χ2v) is 5.31. The lowest BCUT2D eigenvalue weighted by Crippen LogP contribution is -2.64. The first-order valence-corrected chi connectivity index (χ1v) is 6.79. The summed E-state index contributed by atoms with van der Waals surface area (Å²) >= 11 is 0. The van der Waals surface area contributed by atoms with Crippen LogP contribution in [0.5, 0.6) is 0 Å². The third-order valence-corrected chi connectivity index (χ3v) is 4.49. The van der Waals surface area contributed by atoms with Gasteiger partial charge in [0.1, 0.15) is 0 Å². The quantitative estimate of drug-likeness (QED) is 0.753. The van der Waals surface area contributed by atoms with Gasteiger partial charge in [0.25, 0.3) is 0 Å². The smallest absolute Gasteiger partial charge is 0.0334 e. The van der Waals surface area contributed by atoms with E-state index in [1.807, 2.05) is 0 Å². The van der Waals surface area contributed by atoms with E-state index in [1.54, 1.807) is 0 Å². The van der Waals surface area contributed by atoms with E-state index in [0.29, 0.717) is 5.54 Å². The number of nitrogens with zero attached hydrogens (tertiary/aromatic N) is 1. The number of likely N-dealkylation sites (N-methyl/N-ethyl adjacent to an activating group) is 1. The molecule has 0 bridgehead atoms. The van der Waals surface area contributed by atoms with Crippen molar-refractivity contribution in [1.82, 2.24) is 10.2 Å². The summed E-state index contributed by atoms with van der Waals surface area (Å²) in [7, 11) is 0. The average molecular weight is 210 g/mol. The van der Waals surface area contributed by atoms with Crippen LogP contribution in [-0.4, -0.2) is 36.1 Å². The van der Waals surface area contributed by atoms with E-state index in [-0.39, 0.29) is 0 Å². The molecule has 2 aliphatic rings. The normalized spacial score (nSPS) is 32.0. The first-order chi connectivity index (χ1) is 7.30. The van der Waals surface area contributed by atoms with Gasteiger partial charge in [-0.25, -0.2) is 0 Å². The van der Waals surface area contributed by atoms with Gasteiger partial charge in [0.2, 0.25) is 0 Å². The molecule has 15 heavy (non-hydrogen) atoms. The summed E-state index contributed by atoms with van der Waals surface area (Å²) in [5.41, 5.74) is 0.526. The van der Waals surface area contributed by atoms with Crippen molar-refractivity contribution in [2.24, 2.45) is 0 Å². The van der Waals surface area contributed by atoms with Gasteiger partial charge in [-0.2, -0.15) is 0 Å². The monoisotopic (exact) mass is 210 g/mol. The fraction of sp³-hybridized carbons (Fsp3) is 1.00. The summed E-state index contributed by atoms with van der Waals surface area (Å²) in [6, 6.07) is 0.734. The maximum Gasteiger partial charge on any atom is 0.0334 e. The molecule has 1 unspecified atom stereocenters. The fourth-order valence-electron chi connectivity index (χ4n) is 3.41. The molecule has 1 saturated carbocycles. The molecule has 0 amide bonds. The van der Waals surface area contributed by atoms with Crippen molar-refractivity contribution < 1.29 is 0 Å². The highest BCUT2D eigenvalue weighted by Crippen LogP contribution is 2.35. The lowest BCUT2D eigenvalue weighted by molar-refractivity contribution is 0.0136. The first-order valence-electron chi connectivity index (χ1n) is 6.79. The second kappa shape index (κ2) is 4.84. The summed E-state index contributed by atoms with van der Waals surface area (Å²) < 4.78 is 0. The largest absolute Gasteiger partial charge is 0.311 e. The molecule has 2 rings (SSSR count). The van der Waals surface area contributed by atoms with Crippen molar-refractivity contribution in [3.8, 4) is 0 Å². The topological polar surface area (TPSA) is 15.3 Å². The molecule has 0 aromatic heterocycles.